The van der Waals surface area contributed by atoms with Gasteiger partial charge in [0.25, 0.3) is 10.0 Å². The van der Waals surface area contributed by atoms with Crippen LogP contribution >= 0.6 is 46.4 Å². The molecule has 0 aliphatic carbocycles. The van der Waals surface area contributed by atoms with Crippen molar-refractivity contribution in [3.05, 3.63) is 92.4 Å². The maximum absolute atomic E-state index is 13.7. The van der Waals surface area contributed by atoms with Gasteiger partial charge in [-0.15, -0.1) is 0 Å². The van der Waals surface area contributed by atoms with E-state index in [-0.39, 0.29) is 27.2 Å². The van der Waals surface area contributed by atoms with Crippen molar-refractivity contribution in [2.75, 3.05) is 17.9 Å². The van der Waals surface area contributed by atoms with Crippen LogP contribution in [0.2, 0.25) is 20.1 Å². The second kappa shape index (κ2) is 12.4. The molecule has 0 aliphatic heterocycles. The van der Waals surface area contributed by atoms with E-state index < -0.39 is 34.4 Å². The smallest absolute Gasteiger partial charge is 0.264 e. The normalized spacial score (nSPS) is 12.1. The van der Waals surface area contributed by atoms with Gasteiger partial charge in [-0.2, -0.15) is 0 Å². The Kier molecular flexibility index (Phi) is 9.72. The first kappa shape index (κ1) is 29.1. The molecule has 0 saturated carbocycles. The van der Waals surface area contributed by atoms with Crippen molar-refractivity contribution >= 4 is 73.9 Å². The van der Waals surface area contributed by atoms with Gasteiger partial charge in [-0.25, -0.2) is 8.42 Å². The summed E-state index contributed by atoms with van der Waals surface area (Å²) in [7, 11) is -2.82. The van der Waals surface area contributed by atoms with E-state index in [0.717, 1.165) is 4.31 Å². The fraction of sp³-hybridized carbons (Fsp3) is 0.200. The molecular formula is C25H23Cl4N3O4S. The van der Waals surface area contributed by atoms with Gasteiger partial charge in [0.15, 0.2) is 0 Å². The fourth-order valence-electron chi connectivity index (χ4n) is 3.53. The van der Waals surface area contributed by atoms with Crippen LogP contribution in [-0.4, -0.2) is 44.8 Å². The Hall–Kier alpha value is -2.49. The molecule has 0 fully saturated rings. The molecule has 0 aromatic heterocycles. The highest BCUT2D eigenvalue weighted by Gasteiger charge is 2.33. The lowest BCUT2D eigenvalue weighted by molar-refractivity contribution is -0.139. The first-order valence-electron chi connectivity index (χ1n) is 10.9. The van der Waals surface area contributed by atoms with Crippen molar-refractivity contribution in [1.29, 1.82) is 0 Å². The van der Waals surface area contributed by atoms with Crippen LogP contribution in [0.15, 0.2) is 71.6 Å². The highest BCUT2D eigenvalue weighted by Crippen LogP contribution is 2.33. The molecule has 0 saturated heterocycles. The predicted molar refractivity (Wildman–Crippen MR) is 148 cm³/mol. The van der Waals surface area contributed by atoms with Crippen LogP contribution in [0.4, 0.5) is 5.69 Å². The summed E-state index contributed by atoms with van der Waals surface area (Å²) >= 11 is 24.8. The summed E-state index contributed by atoms with van der Waals surface area (Å²) in [4.78, 5) is 27.5. The predicted octanol–water partition coefficient (Wildman–Crippen LogP) is 5.66. The van der Waals surface area contributed by atoms with Gasteiger partial charge in [-0.1, -0.05) is 70.7 Å². The summed E-state index contributed by atoms with van der Waals surface area (Å²) in [5, 5.41) is 3.51. The first-order chi connectivity index (χ1) is 17.4. The average molecular weight is 603 g/mol. The van der Waals surface area contributed by atoms with Gasteiger partial charge in [0.2, 0.25) is 11.8 Å². The van der Waals surface area contributed by atoms with Gasteiger partial charge in [0, 0.05) is 28.7 Å². The van der Waals surface area contributed by atoms with Gasteiger partial charge in [0.1, 0.15) is 12.6 Å². The van der Waals surface area contributed by atoms with Crippen molar-refractivity contribution in [2.45, 2.75) is 24.4 Å². The molecule has 0 spiro atoms. The van der Waals surface area contributed by atoms with Crippen LogP contribution in [-0.2, 0) is 26.2 Å². The summed E-state index contributed by atoms with van der Waals surface area (Å²) in [5.74, 6) is -1.12. The van der Waals surface area contributed by atoms with Crippen LogP contribution in [0.25, 0.3) is 0 Å². The number of carbonyl (C=O) groups is 2. The Morgan fingerprint density at radius 3 is 2.14 bits per heavy atom. The molecule has 1 atom stereocenters. The second-order valence-electron chi connectivity index (χ2n) is 7.97. The summed E-state index contributed by atoms with van der Waals surface area (Å²) in [6.07, 6.45) is 0. The molecule has 0 radical (unpaired) electrons. The Morgan fingerprint density at radius 2 is 1.51 bits per heavy atom. The van der Waals surface area contributed by atoms with E-state index in [0.29, 0.717) is 15.6 Å². The van der Waals surface area contributed by atoms with E-state index in [4.69, 9.17) is 46.4 Å². The lowest BCUT2D eigenvalue weighted by atomic mass is 10.1. The van der Waals surface area contributed by atoms with Crippen LogP contribution in [0.1, 0.15) is 12.5 Å². The molecule has 0 aliphatic rings. The molecule has 0 heterocycles. The van der Waals surface area contributed by atoms with E-state index in [1.54, 1.807) is 30.3 Å². The lowest BCUT2D eigenvalue weighted by Crippen LogP contribution is -2.50. The van der Waals surface area contributed by atoms with Crippen molar-refractivity contribution < 1.29 is 18.0 Å². The number of carbonyl (C=O) groups excluding carboxylic acids is 2. The molecule has 3 aromatic carbocycles. The number of benzene rings is 3. The number of sulfonamides is 1. The van der Waals surface area contributed by atoms with Crippen LogP contribution in [0, 0.1) is 0 Å². The SMILES string of the molecule is CNC(=O)C(C)N(Cc1ccc(Cl)cc1Cl)C(=O)CN(c1cc(Cl)ccc1Cl)S(=O)(=O)c1ccccc1. The number of halogens is 4. The quantitative estimate of drug-likeness (QED) is 0.342. The molecule has 7 nitrogen and oxygen atoms in total. The zero-order valence-corrected chi connectivity index (χ0v) is 23.6. The zero-order valence-electron chi connectivity index (χ0n) is 19.8. The minimum absolute atomic E-state index is 0.0171. The molecule has 2 amide bonds. The highest BCUT2D eigenvalue weighted by atomic mass is 35.5. The lowest BCUT2D eigenvalue weighted by Gasteiger charge is -2.32. The number of amides is 2. The number of anilines is 1. The molecule has 1 N–H and O–H groups in total. The Labute approximate surface area is 235 Å². The number of nitrogens with zero attached hydrogens (tertiary/aromatic N) is 2. The molecular weight excluding hydrogens is 580 g/mol. The third-order valence-electron chi connectivity index (χ3n) is 5.56. The van der Waals surface area contributed by atoms with E-state index >= 15 is 0 Å². The molecule has 1 unspecified atom stereocenters. The van der Waals surface area contributed by atoms with Gasteiger partial charge in [0.05, 0.1) is 15.6 Å². The van der Waals surface area contributed by atoms with Gasteiger partial charge in [-0.05, 0) is 55.0 Å². The maximum Gasteiger partial charge on any atom is 0.264 e. The van der Waals surface area contributed by atoms with Crippen LogP contribution in [0.3, 0.4) is 0 Å². The third-order valence-corrected chi connectivity index (χ3v) is 8.47. The minimum Gasteiger partial charge on any atom is -0.357 e. The Balaban J connectivity index is 2.08. The number of rotatable bonds is 9. The van der Waals surface area contributed by atoms with Crippen molar-refractivity contribution in [3.63, 3.8) is 0 Å². The van der Waals surface area contributed by atoms with E-state index in [2.05, 4.69) is 5.32 Å². The molecule has 0 bridgehead atoms. The minimum atomic E-state index is -4.26. The van der Waals surface area contributed by atoms with Crippen molar-refractivity contribution in [1.82, 2.24) is 10.2 Å². The van der Waals surface area contributed by atoms with Crippen molar-refractivity contribution in [3.8, 4) is 0 Å². The van der Waals surface area contributed by atoms with Gasteiger partial charge in [-0.3, -0.25) is 13.9 Å². The zero-order chi connectivity index (χ0) is 27.3. The molecule has 196 valence electrons. The van der Waals surface area contributed by atoms with Gasteiger partial charge >= 0.3 is 0 Å². The Bertz CT molecular complexity index is 1400. The highest BCUT2D eigenvalue weighted by molar-refractivity contribution is 7.92. The molecule has 12 heteroatoms. The first-order valence-corrected chi connectivity index (χ1v) is 13.9. The maximum atomic E-state index is 13.7. The van der Waals surface area contributed by atoms with Crippen LogP contribution in [0.5, 0.6) is 0 Å². The second-order valence-corrected chi connectivity index (χ2v) is 11.5. The van der Waals surface area contributed by atoms with Crippen molar-refractivity contribution in [2.24, 2.45) is 0 Å². The summed E-state index contributed by atoms with van der Waals surface area (Å²) in [5.41, 5.74) is 0.539. The van der Waals surface area contributed by atoms with E-state index in [1.165, 1.54) is 55.3 Å². The molecule has 3 aromatic rings. The summed E-state index contributed by atoms with van der Waals surface area (Å²) in [6, 6.07) is 15.7. The largest absolute Gasteiger partial charge is 0.357 e. The average Bonchev–Trinajstić information content (AvgIpc) is 2.87. The summed E-state index contributed by atoms with van der Waals surface area (Å²) in [6.45, 7) is 0.790. The number of hydrogen-bond acceptors (Lipinski definition) is 4. The molecule has 3 rings (SSSR count). The van der Waals surface area contributed by atoms with Gasteiger partial charge < -0.3 is 10.2 Å². The monoisotopic (exact) mass is 601 g/mol. The number of likely N-dealkylation sites (N-methyl/N-ethyl adjacent to an activating group) is 1. The topological polar surface area (TPSA) is 86.8 Å². The van der Waals surface area contributed by atoms with E-state index in [1.807, 2.05) is 0 Å². The third kappa shape index (κ3) is 6.89. The summed E-state index contributed by atoms with van der Waals surface area (Å²) < 4.78 is 28.3. The van der Waals surface area contributed by atoms with Crippen LogP contribution < -0.4 is 9.62 Å². The number of nitrogens with one attached hydrogen (secondary N) is 1. The standard InChI is InChI=1S/C25H23Cl4N3O4S/c1-16(25(34)30-2)31(14-17-8-9-18(26)12-22(17)29)24(33)15-32(23-13-19(27)10-11-21(23)28)37(35,36)20-6-4-3-5-7-20/h3-13,16H,14-15H2,1-2H3,(H,30,34). The Morgan fingerprint density at radius 1 is 0.892 bits per heavy atom. The van der Waals surface area contributed by atoms with E-state index in [9.17, 15) is 18.0 Å². The molecule has 37 heavy (non-hydrogen) atoms. The number of hydrogen-bond donors (Lipinski definition) is 1. The fourth-order valence-corrected chi connectivity index (χ4v) is 5.89.